The van der Waals surface area contributed by atoms with Gasteiger partial charge in [-0.25, -0.2) is 0 Å². The minimum Gasteiger partial charge on any atom is -0.504 e. The van der Waals surface area contributed by atoms with Crippen LogP contribution < -0.4 is 4.74 Å². The van der Waals surface area contributed by atoms with E-state index in [1.165, 1.54) is 16.7 Å². The first-order chi connectivity index (χ1) is 16.1. The molecule has 2 unspecified atom stereocenters. The van der Waals surface area contributed by atoms with Crippen molar-refractivity contribution >= 4 is 0 Å². The third kappa shape index (κ3) is 2.29. The molecule has 6 aliphatic rings. The number of phenolic OH excluding ortho intramolecular Hbond substituents is 1. The Labute approximate surface area is 195 Å². The number of ether oxygens (including phenoxy) is 3. The van der Waals surface area contributed by atoms with E-state index in [2.05, 4.69) is 42.3 Å². The smallest absolute Gasteiger partial charge is 0.165 e. The molecule has 4 fully saturated rings. The van der Waals surface area contributed by atoms with Crippen molar-refractivity contribution in [3.8, 4) is 11.5 Å². The Hall–Kier alpha value is -2.08. The summed E-state index contributed by atoms with van der Waals surface area (Å²) in [5, 5.41) is 10.8. The normalized spacial score (nSPS) is 39.9. The molecule has 0 radical (unpaired) electrons. The van der Waals surface area contributed by atoms with Crippen LogP contribution in [0.25, 0.3) is 0 Å². The number of piperidine rings is 1. The Morgan fingerprint density at radius 2 is 1.97 bits per heavy atom. The van der Waals surface area contributed by atoms with Crippen LogP contribution in [0.15, 0.2) is 42.5 Å². The molecule has 1 N–H and O–H groups in total. The number of fused-ring (bicyclic) bond motifs is 2. The van der Waals surface area contributed by atoms with Crippen LogP contribution in [-0.4, -0.2) is 55.1 Å². The molecular weight excluding hydrogens is 414 g/mol. The third-order valence-electron chi connectivity index (χ3n) is 10.2. The lowest BCUT2D eigenvalue weighted by Gasteiger charge is -2.73. The van der Waals surface area contributed by atoms with Crippen molar-refractivity contribution in [1.29, 1.82) is 0 Å². The predicted molar refractivity (Wildman–Crippen MR) is 125 cm³/mol. The first-order valence-corrected chi connectivity index (χ1v) is 12.4. The van der Waals surface area contributed by atoms with Gasteiger partial charge in [-0.15, -0.1) is 0 Å². The van der Waals surface area contributed by atoms with Gasteiger partial charge in [0.15, 0.2) is 11.5 Å². The van der Waals surface area contributed by atoms with E-state index in [4.69, 9.17) is 14.2 Å². The number of methoxy groups -OCH3 is 1. The van der Waals surface area contributed by atoms with Crippen LogP contribution in [0.2, 0.25) is 0 Å². The van der Waals surface area contributed by atoms with Crippen molar-refractivity contribution in [2.75, 3.05) is 27.3 Å². The van der Waals surface area contributed by atoms with E-state index >= 15 is 0 Å². The van der Waals surface area contributed by atoms with Gasteiger partial charge in [0.1, 0.15) is 11.7 Å². The van der Waals surface area contributed by atoms with E-state index < -0.39 is 0 Å². The zero-order valence-electron chi connectivity index (χ0n) is 19.5. The van der Waals surface area contributed by atoms with Gasteiger partial charge in [-0.3, -0.25) is 0 Å². The van der Waals surface area contributed by atoms with Gasteiger partial charge in [-0.1, -0.05) is 36.4 Å². The maximum Gasteiger partial charge on any atom is 0.165 e. The lowest BCUT2D eigenvalue weighted by atomic mass is 9.35. The Bertz CT molecular complexity index is 1100. The summed E-state index contributed by atoms with van der Waals surface area (Å²) in [6.07, 6.45) is 5.27. The second-order valence-electron chi connectivity index (χ2n) is 11.1. The number of hydrogen-bond donors (Lipinski definition) is 1. The molecule has 6 atom stereocenters. The van der Waals surface area contributed by atoms with E-state index in [0.717, 1.165) is 44.4 Å². The third-order valence-corrected chi connectivity index (χ3v) is 10.2. The average molecular weight is 448 g/mol. The number of phenols is 1. The van der Waals surface area contributed by atoms with Crippen LogP contribution in [0, 0.1) is 11.3 Å². The van der Waals surface area contributed by atoms with Crippen molar-refractivity contribution < 1.29 is 19.3 Å². The number of rotatable bonds is 5. The van der Waals surface area contributed by atoms with Crippen LogP contribution in [-0.2, 0) is 27.9 Å². The van der Waals surface area contributed by atoms with Crippen molar-refractivity contribution in [3.05, 3.63) is 59.2 Å². The Balaban J connectivity index is 1.32. The second-order valence-corrected chi connectivity index (χ2v) is 11.1. The molecule has 2 aliphatic heterocycles. The topological polar surface area (TPSA) is 51.2 Å². The van der Waals surface area contributed by atoms with E-state index in [1.807, 2.05) is 19.2 Å². The summed E-state index contributed by atoms with van der Waals surface area (Å²) in [5.41, 5.74) is 3.55. The van der Waals surface area contributed by atoms with E-state index in [9.17, 15) is 5.11 Å². The molecule has 0 aromatic heterocycles. The maximum absolute atomic E-state index is 10.8. The van der Waals surface area contributed by atoms with Gasteiger partial charge in [0.05, 0.1) is 13.2 Å². The average Bonchev–Trinajstić information content (AvgIpc) is 3.21. The largest absolute Gasteiger partial charge is 0.504 e. The van der Waals surface area contributed by atoms with Crippen molar-refractivity contribution in [1.82, 2.24) is 4.90 Å². The number of likely N-dealkylation sites (N-methyl/N-ethyl adjacent to an activating group) is 1. The minimum atomic E-state index is -0.390. The lowest BCUT2D eigenvalue weighted by molar-refractivity contribution is -0.282. The Morgan fingerprint density at radius 3 is 2.79 bits per heavy atom. The number of hydrogen-bond acceptors (Lipinski definition) is 5. The van der Waals surface area contributed by atoms with Gasteiger partial charge in [-0.2, -0.15) is 0 Å². The molecule has 4 bridgehead atoms. The predicted octanol–water partition coefficient (Wildman–Crippen LogP) is 4.05. The summed E-state index contributed by atoms with van der Waals surface area (Å²) >= 11 is 0. The van der Waals surface area contributed by atoms with Crippen LogP contribution in [0.5, 0.6) is 11.5 Å². The lowest BCUT2D eigenvalue weighted by Crippen LogP contribution is -2.81. The monoisotopic (exact) mass is 447 g/mol. The highest BCUT2D eigenvalue weighted by Gasteiger charge is 2.80. The zero-order valence-corrected chi connectivity index (χ0v) is 19.5. The zero-order chi connectivity index (χ0) is 22.4. The summed E-state index contributed by atoms with van der Waals surface area (Å²) < 4.78 is 19.6. The summed E-state index contributed by atoms with van der Waals surface area (Å²) in [6.45, 7) is 2.36. The molecule has 174 valence electrons. The second kappa shape index (κ2) is 6.74. The molecule has 2 aromatic rings. The summed E-state index contributed by atoms with van der Waals surface area (Å²) in [4.78, 5) is 2.60. The Kier molecular flexibility index (Phi) is 4.15. The molecular formula is C28H33NO4. The highest BCUT2D eigenvalue weighted by atomic mass is 16.6. The minimum absolute atomic E-state index is 0.0682. The fourth-order valence-electron chi connectivity index (χ4n) is 8.92. The molecule has 2 spiro atoms. The molecule has 5 heteroatoms. The van der Waals surface area contributed by atoms with E-state index in [0.29, 0.717) is 19.3 Å². The van der Waals surface area contributed by atoms with E-state index in [-0.39, 0.29) is 34.2 Å². The van der Waals surface area contributed by atoms with Gasteiger partial charge in [-0.05, 0) is 62.9 Å². The molecule has 33 heavy (non-hydrogen) atoms. The fourth-order valence-corrected chi connectivity index (χ4v) is 8.92. The standard InChI is InChI=1S/C28H33NO4/c1-29-13-12-27-23-19-8-9-21(30)24(23)33-25(27)28(31-2)11-10-26(27,22(29)14-19)15-20(28)17-32-16-18-6-4-3-5-7-18/h3-9,20,22,25,30H,10-17H2,1-2H3/t20?,22-,25-,26-,27+,28?/m1/s1. The first kappa shape index (κ1) is 20.3. The van der Waals surface area contributed by atoms with Gasteiger partial charge in [0.25, 0.3) is 0 Å². The Morgan fingerprint density at radius 1 is 1.12 bits per heavy atom. The van der Waals surface area contributed by atoms with Crippen LogP contribution >= 0.6 is 0 Å². The van der Waals surface area contributed by atoms with Gasteiger partial charge < -0.3 is 24.2 Å². The number of likely N-dealkylation sites (tertiary alicyclic amines) is 1. The van der Waals surface area contributed by atoms with Crippen LogP contribution in [0.3, 0.4) is 0 Å². The van der Waals surface area contributed by atoms with Crippen molar-refractivity contribution in [3.63, 3.8) is 0 Å². The van der Waals surface area contributed by atoms with Gasteiger partial charge in [0, 0.05) is 35.5 Å². The van der Waals surface area contributed by atoms with Crippen LogP contribution in [0.1, 0.15) is 42.4 Å². The summed E-state index contributed by atoms with van der Waals surface area (Å²) in [6, 6.07) is 14.9. The van der Waals surface area contributed by atoms with Crippen molar-refractivity contribution in [2.45, 2.75) is 61.9 Å². The van der Waals surface area contributed by atoms with E-state index in [1.54, 1.807) is 0 Å². The molecule has 2 aromatic carbocycles. The number of benzene rings is 2. The van der Waals surface area contributed by atoms with Gasteiger partial charge >= 0.3 is 0 Å². The maximum atomic E-state index is 10.8. The van der Waals surface area contributed by atoms with Gasteiger partial charge in [0.2, 0.25) is 0 Å². The number of nitrogens with zero attached hydrogens (tertiary/aromatic N) is 1. The molecule has 0 amide bonds. The summed E-state index contributed by atoms with van der Waals surface area (Å²) in [7, 11) is 4.17. The molecule has 2 heterocycles. The quantitative estimate of drug-likeness (QED) is 0.749. The molecule has 5 nitrogen and oxygen atoms in total. The SMILES string of the molecule is COC12CC[C@@]3(CC1COCc1ccccc1)[C@H]1Cc4ccc(O)c5c4[C@@]3(CCN1C)[C@H]2O5. The highest BCUT2D eigenvalue weighted by Crippen LogP contribution is 2.76. The molecule has 8 rings (SSSR count). The molecule has 4 aliphatic carbocycles. The summed E-state index contributed by atoms with van der Waals surface area (Å²) in [5.74, 6) is 1.29. The first-order valence-electron chi connectivity index (χ1n) is 12.4. The molecule has 1 saturated heterocycles. The number of aromatic hydroxyl groups is 1. The fraction of sp³-hybridized carbons (Fsp3) is 0.571. The van der Waals surface area contributed by atoms with Crippen molar-refractivity contribution in [2.24, 2.45) is 11.3 Å². The molecule has 3 saturated carbocycles. The van der Waals surface area contributed by atoms with Crippen LogP contribution in [0.4, 0.5) is 0 Å². The highest BCUT2D eigenvalue weighted by molar-refractivity contribution is 5.63.